The summed E-state index contributed by atoms with van der Waals surface area (Å²) in [6, 6.07) is 9.02. The molecule has 3 rings (SSSR count). The first-order valence-corrected chi connectivity index (χ1v) is 8.13. The number of primary amides is 1. The highest BCUT2D eigenvalue weighted by atomic mass is 16.6. The Bertz CT molecular complexity index is 982. The third-order valence-electron chi connectivity index (χ3n) is 4.04. The van der Waals surface area contributed by atoms with Crippen LogP contribution in [0.25, 0.3) is 11.0 Å². The second-order valence-electron chi connectivity index (χ2n) is 5.65. The Balaban J connectivity index is 1.78. The number of amides is 1. The van der Waals surface area contributed by atoms with E-state index in [4.69, 9.17) is 5.73 Å². The molecule has 0 radical (unpaired) electrons. The molecule has 0 spiro atoms. The number of hydrogen-bond acceptors (Lipinski definition) is 6. The Hall–Kier alpha value is -3.49. The summed E-state index contributed by atoms with van der Waals surface area (Å²) in [7, 11) is 0. The number of aryl methyl sites for hydroxylation is 1. The second kappa shape index (κ2) is 7.18. The third-order valence-corrected chi connectivity index (χ3v) is 4.04. The lowest BCUT2D eigenvalue weighted by molar-refractivity contribution is -0.385. The predicted octanol–water partition coefficient (Wildman–Crippen LogP) is 2.11. The predicted molar refractivity (Wildman–Crippen MR) is 97.0 cm³/mol. The number of nitro groups is 1. The van der Waals surface area contributed by atoms with Gasteiger partial charge in [-0.1, -0.05) is 12.1 Å². The molecule has 9 nitrogen and oxygen atoms in total. The molecular weight excluding hydrogens is 336 g/mol. The van der Waals surface area contributed by atoms with Gasteiger partial charge in [0.1, 0.15) is 17.8 Å². The quantitative estimate of drug-likeness (QED) is 0.494. The average Bonchev–Trinajstić information content (AvgIpc) is 2.98. The second-order valence-corrected chi connectivity index (χ2v) is 5.65. The van der Waals surface area contributed by atoms with Gasteiger partial charge in [0.2, 0.25) is 0 Å². The van der Waals surface area contributed by atoms with Gasteiger partial charge in [-0.15, -0.1) is 0 Å². The fraction of sp³-hybridized carbons (Fsp3) is 0.235. The van der Waals surface area contributed by atoms with Gasteiger partial charge in [-0.25, -0.2) is 9.97 Å². The lowest BCUT2D eigenvalue weighted by Gasteiger charge is -2.10. The zero-order valence-electron chi connectivity index (χ0n) is 14.2. The zero-order valence-corrected chi connectivity index (χ0v) is 14.2. The van der Waals surface area contributed by atoms with Gasteiger partial charge in [0.25, 0.3) is 11.6 Å². The minimum absolute atomic E-state index is 0.0109. The molecule has 0 fully saturated rings. The lowest BCUT2D eigenvalue weighted by Crippen LogP contribution is -2.18. The van der Waals surface area contributed by atoms with Gasteiger partial charge >= 0.3 is 0 Å². The standard InChI is InChI=1S/C17H18N6O3/c1-2-22-14-6-4-3-5-13(14)21-15(22)7-8-19-17-12(16(18)24)9-11(10-20-17)23(25)26/h3-6,9-10H,2,7-8H2,1H3,(H2,18,24)(H,19,20). The number of hydrogen-bond donors (Lipinski definition) is 2. The van der Waals surface area contributed by atoms with Crippen molar-refractivity contribution in [2.24, 2.45) is 5.73 Å². The smallest absolute Gasteiger partial charge is 0.288 e. The fourth-order valence-electron chi connectivity index (χ4n) is 2.84. The summed E-state index contributed by atoms with van der Waals surface area (Å²) in [6.07, 6.45) is 1.69. The van der Waals surface area contributed by atoms with Crippen molar-refractivity contribution in [3.05, 3.63) is 58.0 Å². The zero-order chi connectivity index (χ0) is 18.7. The maximum Gasteiger partial charge on any atom is 0.288 e. The minimum atomic E-state index is -0.774. The van der Waals surface area contributed by atoms with Gasteiger partial charge in [0, 0.05) is 25.6 Å². The number of rotatable bonds is 7. The summed E-state index contributed by atoms with van der Waals surface area (Å²) in [5, 5.41) is 13.8. The number of pyridine rings is 1. The number of anilines is 1. The molecule has 9 heteroatoms. The van der Waals surface area contributed by atoms with E-state index < -0.39 is 10.8 Å². The highest BCUT2D eigenvalue weighted by molar-refractivity contribution is 5.98. The number of carbonyl (C=O) groups is 1. The molecule has 0 unspecified atom stereocenters. The van der Waals surface area contributed by atoms with E-state index in [2.05, 4.69) is 19.9 Å². The molecule has 1 amide bonds. The molecule has 0 aliphatic heterocycles. The molecule has 1 aromatic carbocycles. The van der Waals surface area contributed by atoms with E-state index in [9.17, 15) is 14.9 Å². The van der Waals surface area contributed by atoms with Crippen molar-refractivity contribution < 1.29 is 9.72 Å². The van der Waals surface area contributed by atoms with Crippen LogP contribution in [0.1, 0.15) is 23.1 Å². The highest BCUT2D eigenvalue weighted by Crippen LogP contribution is 2.19. The van der Waals surface area contributed by atoms with Gasteiger partial charge < -0.3 is 15.6 Å². The van der Waals surface area contributed by atoms with Crippen molar-refractivity contribution in [2.45, 2.75) is 19.9 Å². The number of imidazole rings is 1. The molecular formula is C17H18N6O3. The van der Waals surface area contributed by atoms with Crippen LogP contribution in [0, 0.1) is 10.1 Å². The van der Waals surface area contributed by atoms with Crippen LogP contribution in [0.15, 0.2) is 36.5 Å². The number of aromatic nitrogens is 3. The van der Waals surface area contributed by atoms with E-state index in [1.54, 1.807) is 0 Å². The average molecular weight is 354 g/mol. The summed E-state index contributed by atoms with van der Waals surface area (Å²) in [6.45, 7) is 3.29. The van der Waals surface area contributed by atoms with Crippen LogP contribution in [0.4, 0.5) is 11.5 Å². The van der Waals surface area contributed by atoms with Crippen LogP contribution >= 0.6 is 0 Å². The lowest BCUT2D eigenvalue weighted by atomic mass is 10.2. The van der Waals surface area contributed by atoms with E-state index in [0.29, 0.717) is 13.0 Å². The molecule has 0 saturated heterocycles. The first-order valence-electron chi connectivity index (χ1n) is 8.13. The number of para-hydroxylation sites is 2. The molecule has 3 aromatic rings. The Morgan fingerprint density at radius 3 is 2.85 bits per heavy atom. The summed E-state index contributed by atoms with van der Waals surface area (Å²) in [4.78, 5) is 30.3. The van der Waals surface area contributed by atoms with E-state index in [1.165, 1.54) is 0 Å². The van der Waals surface area contributed by atoms with Crippen molar-refractivity contribution in [2.75, 3.05) is 11.9 Å². The number of nitrogens with one attached hydrogen (secondary N) is 1. The molecule has 26 heavy (non-hydrogen) atoms. The largest absolute Gasteiger partial charge is 0.369 e. The molecule has 3 N–H and O–H groups in total. The first kappa shape index (κ1) is 17.3. The van der Waals surface area contributed by atoms with E-state index in [-0.39, 0.29) is 17.1 Å². The van der Waals surface area contributed by atoms with E-state index >= 15 is 0 Å². The molecule has 0 aliphatic rings. The number of fused-ring (bicyclic) bond motifs is 1. The van der Waals surface area contributed by atoms with Crippen molar-refractivity contribution in [1.82, 2.24) is 14.5 Å². The van der Waals surface area contributed by atoms with Crippen molar-refractivity contribution >= 4 is 28.4 Å². The normalized spacial score (nSPS) is 10.8. The first-order chi connectivity index (χ1) is 12.5. The van der Waals surface area contributed by atoms with Crippen molar-refractivity contribution in [3.8, 4) is 0 Å². The van der Waals surface area contributed by atoms with Crippen LogP contribution in [-0.4, -0.2) is 31.9 Å². The third kappa shape index (κ3) is 3.32. The Kier molecular flexibility index (Phi) is 4.78. The molecule has 0 aliphatic carbocycles. The van der Waals surface area contributed by atoms with Crippen molar-refractivity contribution in [1.29, 1.82) is 0 Å². The Morgan fingerprint density at radius 1 is 1.38 bits per heavy atom. The maximum atomic E-state index is 11.6. The maximum absolute atomic E-state index is 11.6. The van der Waals surface area contributed by atoms with Gasteiger partial charge in [-0.3, -0.25) is 14.9 Å². The van der Waals surface area contributed by atoms with Crippen LogP contribution in [0.5, 0.6) is 0 Å². The molecule has 0 saturated carbocycles. The highest BCUT2D eigenvalue weighted by Gasteiger charge is 2.16. The number of carbonyl (C=O) groups excluding carboxylic acids is 1. The minimum Gasteiger partial charge on any atom is -0.369 e. The van der Waals surface area contributed by atoms with Crippen LogP contribution in [0.2, 0.25) is 0 Å². The monoisotopic (exact) mass is 354 g/mol. The molecule has 0 atom stereocenters. The van der Waals surface area contributed by atoms with Crippen LogP contribution in [-0.2, 0) is 13.0 Å². The van der Waals surface area contributed by atoms with E-state index in [0.717, 1.165) is 35.7 Å². The summed E-state index contributed by atoms with van der Waals surface area (Å²) >= 11 is 0. The molecule has 2 aromatic heterocycles. The SMILES string of the molecule is CCn1c(CCNc2ncc([N+](=O)[O-])cc2C(N)=O)nc2ccccc21. The molecule has 2 heterocycles. The fourth-order valence-corrected chi connectivity index (χ4v) is 2.84. The number of nitrogens with zero attached hydrogens (tertiary/aromatic N) is 4. The summed E-state index contributed by atoms with van der Waals surface area (Å²) < 4.78 is 2.12. The Labute approximate surface area is 149 Å². The van der Waals surface area contributed by atoms with Crippen molar-refractivity contribution in [3.63, 3.8) is 0 Å². The molecule has 0 bridgehead atoms. The van der Waals surface area contributed by atoms with Gasteiger partial charge in [-0.2, -0.15) is 0 Å². The van der Waals surface area contributed by atoms with Gasteiger partial charge in [0.05, 0.1) is 21.5 Å². The Morgan fingerprint density at radius 2 is 2.15 bits per heavy atom. The topological polar surface area (TPSA) is 129 Å². The van der Waals surface area contributed by atoms with E-state index in [1.807, 2.05) is 31.2 Å². The van der Waals surface area contributed by atoms with Crippen LogP contribution < -0.4 is 11.1 Å². The van der Waals surface area contributed by atoms with Gasteiger partial charge in [-0.05, 0) is 19.1 Å². The number of benzene rings is 1. The number of nitrogens with two attached hydrogens (primary N) is 1. The molecule has 134 valence electrons. The summed E-state index contributed by atoms with van der Waals surface area (Å²) in [5.74, 6) is 0.357. The van der Waals surface area contributed by atoms with Gasteiger partial charge in [0.15, 0.2) is 0 Å². The van der Waals surface area contributed by atoms with Crippen LogP contribution in [0.3, 0.4) is 0 Å². The summed E-state index contributed by atoms with van der Waals surface area (Å²) in [5.41, 5.74) is 7.01.